The highest BCUT2D eigenvalue weighted by Gasteiger charge is 2.21. The maximum atomic E-state index is 12.7. The average Bonchev–Trinajstić information content (AvgIpc) is 2.74. The van der Waals surface area contributed by atoms with Crippen LogP contribution in [-0.4, -0.2) is 42.8 Å². The van der Waals surface area contributed by atoms with Gasteiger partial charge in [-0.05, 0) is 76.1 Å². The molecule has 2 aromatic rings. The number of benzene rings is 2. The first kappa shape index (κ1) is 21.1. The van der Waals surface area contributed by atoms with E-state index < -0.39 is 0 Å². The average molecular weight is 394 g/mol. The van der Waals surface area contributed by atoms with E-state index in [-0.39, 0.29) is 17.7 Å². The van der Waals surface area contributed by atoms with Gasteiger partial charge in [-0.1, -0.05) is 18.2 Å². The van der Waals surface area contributed by atoms with E-state index in [1.54, 1.807) is 24.3 Å². The van der Waals surface area contributed by atoms with Crippen LogP contribution >= 0.6 is 0 Å². The van der Waals surface area contributed by atoms with Gasteiger partial charge in [0, 0.05) is 36.6 Å². The predicted molar refractivity (Wildman–Crippen MR) is 119 cm³/mol. The Labute approximate surface area is 173 Å². The molecule has 0 aromatic heterocycles. The molecule has 1 aliphatic heterocycles. The number of likely N-dealkylation sites (N-methyl/N-ethyl adjacent to an activating group) is 1. The largest absolute Gasteiger partial charge is 0.371 e. The van der Waals surface area contributed by atoms with Gasteiger partial charge in [0.05, 0.1) is 6.04 Å². The summed E-state index contributed by atoms with van der Waals surface area (Å²) in [6.45, 7) is 6.37. The zero-order chi connectivity index (χ0) is 20.8. The van der Waals surface area contributed by atoms with E-state index in [9.17, 15) is 9.59 Å². The van der Waals surface area contributed by atoms with Crippen LogP contribution in [0.15, 0.2) is 48.5 Å². The van der Waals surface area contributed by atoms with Crippen molar-refractivity contribution < 1.29 is 9.59 Å². The van der Waals surface area contributed by atoms with Gasteiger partial charge >= 0.3 is 0 Å². The first-order valence-electron chi connectivity index (χ1n) is 10.4. The lowest BCUT2D eigenvalue weighted by atomic mass is 10.1. The van der Waals surface area contributed by atoms with Crippen molar-refractivity contribution in [1.82, 2.24) is 4.90 Å². The number of nitrogens with zero attached hydrogens (tertiary/aromatic N) is 2. The smallest absolute Gasteiger partial charge is 0.241 e. The molecule has 1 N–H and O–H groups in total. The second-order valence-corrected chi connectivity index (χ2v) is 7.89. The number of rotatable bonds is 7. The standard InChI is InChI=1S/C24H31N3O2/c1-18(24(29)25-22-13-11-20(12-14-22)19(2)28)26(3)17-21-9-5-6-10-23(21)27-15-7-4-8-16-27/h5-6,9-14,18H,4,7-8,15-17H2,1-3H3,(H,25,29)/t18-/m1/s1. The Morgan fingerprint density at radius 2 is 1.69 bits per heavy atom. The molecule has 0 radical (unpaired) electrons. The minimum absolute atomic E-state index is 0.0170. The van der Waals surface area contributed by atoms with Crippen LogP contribution in [0, 0.1) is 0 Å². The van der Waals surface area contributed by atoms with Gasteiger partial charge in [-0.15, -0.1) is 0 Å². The van der Waals surface area contributed by atoms with Crippen LogP contribution in [0.1, 0.15) is 49.0 Å². The molecule has 0 spiro atoms. The highest BCUT2D eigenvalue weighted by Crippen LogP contribution is 2.25. The Kier molecular flexibility index (Phi) is 7.04. The molecule has 3 rings (SSSR count). The van der Waals surface area contributed by atoms with Crippen LogP contribution in [0.2, 0.25) is 0 Å². The summed E-state index contributed by atoms with van der Waals surface area (Å²) in [6.07, 6.45) is 3.79. The third kappa shape index (κ3) is 5.45. The molecule has 0 saturated carbocycles. The van der Waals surface area contributed by atoms with E-state index in [0.29, 0.717) is 17.8 Å². The molecular formula is C24H31N3O2. The van der Waals surface area contributed by atoms with Gasteiger partial charge in [-0.25, -0.2) is 0 Å². The maximum absolute atomic E-state index is 12.7. The van der Waals surface area contributed by atoms with Crippen LogP contribution < -0.4 is 10.2 Å². The molecule has 1 fully saturated rings. The molecule has 5 heteroatoms. The first-order chi connectivity index (χ1) is 14.0. The van der Waals surface area contributed by atoms with Crippen molar-refractivity contribution in [3.8, 4) is 0 Å². The second-order valence-electron chi connectivity index (χ2n) is 7.89. The van der Waals surface area contributed by atoms with Crippen molar-refractivity contribution in [3.63, 3.8) is 0 Å². The number of amides is 1. The normalized spacial score (nSPS) is 15.2. The van der Waals surface area contributed by atoms with Gasteiger partial charge in [0.2, 0.25) is 5.91 Å². The monoisotopic (exact) mass is 393 g/mol. The summed E-state index contributed by atoms with van der Waals surface area (Å²) in [4.78, 5) is 28.7. The summed E-state index contributed by atoms with van der Waals surface area (Å²) < 4.78 is 0. The molecule has 1 aliphatic rings. The summed E-state index contributed by atoms with van der Waals surface area (Å²) in [5.74, 6) is -0.0399. The summed E-state index contributed by atoms with van der Waals surface area (Å²) in [7, 11) is 1.98. The molecule has 2 aromatic carbocycles. The number of nitrogens with one attached hydrogen (secondary N) is 1. The minimum Gasteiger partial charge on any atom is -0.371 e. The molecule has 0 bridgehead atoms. The number of Topliss-reactive ketones (excluding diaryl/α,β-unsaturated/α-hetero) is 1. The number of hydrogen-bond donors (Lipinski definition) is 1. The fourth-order valence-corrected chi connectivity index (χ4v) is 3.73. The van der Waals surface area contributed by atoms with E-state index in [1.807, 2.05) is 14.0 Å². The van der Waals surface area contributed by atoms with Crippen molar-refractivity contribution in [1.29, 1.82) is 0 Å². The summed E-state index contributed by atoms with van der Waals surface area (Å²) >= 11 is 0. The molecule has 154 valence electrons. The lowest BCUT2D eigenvalue weighted by molar-refractivity contribution is -0.120. The van der Waals surface area contributed by atoms with Crippen LogP contribution in [0.25, 0.3) is 0 Å². The van der Waals surface area contributed by atoms with Gasteiger partial charge in [0.15, 0.2) is 5.78 Å². The lowest BCUT2D eigenvalue weighted by Gasteiger charge is -2.32. The lowest BCUT2D eigenvalue weighted by Crippen LogP contribution is -2.39. The Hall–Kier alpha value is -2.66. The van der Waals surface area contributed by atoms with Crippen molar-refractivity contribution in [2.75, 3.05) is 30.4 Å². The Bertz CT molecular complexity index is 841. The van der Waals surface area contributed by atoms with Crippen LogP contribution in [0.3, 0.4) is 0 Å². The molecule has 0 unspecified atom stereocenters. The van der Waals surface area contributed by atoms with Crippen LogP contribution in [0.5, 0.6) is 0 Å². The molecule has 1 heterocycles. The third-order valence-electron chi connectivity index (χ3n) is 5.71. The maximum Gasteiger partial charge on any atom is 0.241 e. The van der Waals surface area contributed by atoms with E-state index in [2.05, 4.69) is 39.4 Å². The van der Waals surface area contributed by atoms with Gasteiger partial charge in [-0.3, -0.25) is 14.5 Å². The molecule has 0 aliphatic carbocycles. The van der Waals surface area contributed by atoms with Gasteiger partial charge in [-0.2, -0.15) is 0 Å². The van der Waals surface area contributed by atoms with E-state index in [0.717, 1.165) is 13.1 Å². The van der Waals surface area contributed by atoms with E-state index >= 15 is 0 Å². The summed E-state index contributed by atoms with van der Waals surface area (Å²) in [6, 6.07) is 15.2. The van der Waals surface area contributed by atoms with Crippen molar-refractivity contribution >= 4 is 23.1 Å². The predicted octanol–water partition coefficient (Wildman–Crippen LogP) is 4.34. The molecule has 29 heavy (non-hydrogen) atoms. The summed E-state index contributed by atoms with van der Waals surface area (Å²) in [5, 5.41) is 2.95. The van der Waals surface area contributed by atoms with Gasteiger partial charge in [0.1, 0.15) is 0 Å². The van der Waals surface area contributed by atoms with Crippen molar-refractivity contribution in [2.45, 2.75) is 45.7 Å². The number of piperidine rings is 1. The molecule has 1 amide bonds. The quantitative estimate of drug-likeness (QED) is 0.711. The Morgan fingerprint density at radius 3 is 2.34 bits per heavy atom. The van der Waals surface area contributed by atoms with Crippen LogP contribution in [-0.2, 0) is 11.3 Å². The topological polar surface area (TPSA) is 52.7 Å². The summed E-state index contributed by atoms with van der Waals surface area (Å²) in [5.41, 5.74) is 3.88. The fraction of sp³-hybridized carbons (Fsp3) is 0.417. The van der Waals surface area contributed by atoms with Crippen molar-refractivity contribution in [3.05, 3.63) is 59.7 Å². The van der Waals surface area contributed by atoms with Crippen LogP contribution in [0.4, 0.5) is 11.4 Å². The number of anilines is 2. The number of hydrogen-bond acceptors (Lipinski definition) is 4. The SMILES string of the molecule is CC(=O)c1ccc(NC(=O)[C@@H](C)N(C)Cc2ccccc2N2CCCCC2)cc1. The zero-order valence-electron chi connectivity index (χ0n) is 17.6. The second kappa shape index (κ2) is 9.70. The highest BCUT2D eigenvalue weighted by molar-refractivity contribution is 5.96. The molecular weight excluding hydrogens is 362 g/mol. The number of ketones is 1. The fourth-order valence-electron chi connectivity index (χ4n) is 3.73. The van der Waals surface area contributed by atoms with E-state index in [4.69, 9.17) is 0 Å². The molecule has 5 nitrogen and oxygen atoms in total. The molecule has 1 atom stereocenters. The highest BCUT2D eigenvalue weighted by atomic mass is 16.2. The molecule has 1 saturated heterocycles. The first-order valence-corrected chi connectivity index (χ1v) is 10.4. The zero-order valence-corrected chi connectivity index (χ0v) is 17.6. The third-order valence-corrected chi connectivity index (χ3v) is 5.71. The number of para-hydroxylation sites is 1. The van der Waals surface area contributed by atoms with Gasteiger partial charge < -0.3 is 10.2 Å². The Balaban J connectivity index is 1.63. The number of carbonyl (C=O) groups excluding carboxylic acids is 2. The van der Waals surface area contributed by atoms with Crippen molar-refractivity contribution in [2.24, 2.45) is 0 Å². The van der Waals surface area contributed by atoms with Gasteiger partial charge in [0.25, 0.3) is 0 Å². The minimum atomic E-state index is -0.281. The number of carbonyl (C=O) groups is 2. The van der Waals surface area contributed by atoms with E-state index in [1.165, 1.54) is 37.4 Å². The Morgan fingerprint density at radius 1 is 1.03 bits per heavy atom.